The Morgan fingerprint density at radius 2 is 1.89 bits per heavy atom. The zero-order chi connectivity index (χ0) is 13.8. The standard InChI is InChI=1S/C15H14Cl2FN/c1-19(10-11-3-2-4-13(17)5-11)15-7-12(9-16)6-14(18)8-15/h2-8H,9-10H2,1H3. The molecule has 0 spiro atoms. The van der Waals surface area contributed by atoms with Crippen molar-refractivity contribution in [3.05, 3.63) is 64.4 Å². The Bertz CT molecular complexity index is 572. The molecule has 0 saturated carbocycles. The van der Waals surface area contributed by atoms with Crippen LogP contribution in [0.25, 0.3) is 0 Å². The molecule has 0 radical (unpaired) electrons. The molecule has 0 unspecified atom stereocenters. The van der Waals surface area contributed by atoms with Crippen molar-refractivity contribution < 1.29 is 4.39 Å². The molecule has 0 bridgehead atoms. The fraction of sp³-hybridized carbons (Fsp3) is 0.200. The van der Waals surface area contributed by atoms with Crippen molar-refractivity contribution in [3.63, 3.8) is 0 Å². The summed E-state index contributed by atoms with van der Waals surface area (Å²) in [6.07, 6.45) is 0. The highest BCUT2D eigenvalue weighted by Gasteiger charge is 2.06. The van der Waals surface area contributed by atoms with Gasteiger partial charge in [0.25, 0.3) is 0 Å². The molecule has 0 aliphatic carbocycles. The summed E-state index contributed by atoms with van der Waals surface area (Å²) in [6, 6.07) is 12.5. The third kappa shape index (κ3) is 3.85. The highest BCUT2D eigenvalue weighted by molar-refractivity contribution is 6.30. The van der Waals surface area contributed by atoms with Crippen LogP contribution in [0.15, 0.2) is 42.5 Å². The summed E-state index contributed by atoms with van der Waals surface area (Å²) in [7, 11) is 1.91. The molecule has 2 aromatic carbocycles. The van der Waals surface area contributed by atoms with E-state index in [2.05, 4.69) is 0 Å². The molecule has 0 saturated heterocycles. The molecule has 0 N–H and O–H groups in total. The smallest absolute Gasteiger partial charge is 0.125 e. The van der Waals surface area contributed by atoms with Gasteiger partial charge in [-0.15, -0.1) is 11.6 Å². The second kappa shape index (κ2) is 6.27. The first kappa shape index (κ1) is 14.2. The van der Waals surface area contributed by atoms with Crippen molar-refractivity contribution in [2.24, 2.45) is 0 Å². The van der Waals surface area contributed by atoms with E-state index in [0.717, 1.165) is 16.8 Å². The lowest BCUT2D eigenvalue weighted by atomic mass is 10.1. The number of rotatable bonds is 4. The van der Waals surface area contributed by atoms with Gasteiger partial charge in [0.2, 0.25) is 0 Å². The van der Waals surface area contributed by atoms with Gasteiger partial charge in [-0.1, -0.05) is 23.7 Å². The Labute approximate surface area is 122 Å². The zero-order valence-corrected chi connectivity index (χ0v) is 12.0. The van der Waals surface area contributed by atoms with Crippen molar-refractivity contribution in [1.29, 1.82) is 0 Å². The van der Waals surface area contributed by atoms with E-state index in [-0.39, 0.29) is 5.82 Å². The fourth-order valence-electron chi connectivity index (χ4n) is 1.93. The maximum Gasteiger partial charge on any atom is 0.125 e. The van der Waals surface area contributed by atoms with Gasteiger partial charge in [0, 0.05) is 30.2 Å². The quantitative estimate of drug-likeness (QED) is 0.729. The van der Waals surface area contributed by atoms with Crippen LogP contribution in [-0.2, 0) is 12.4 Å². The number of alkyl halides is 1. The highest BCUT2D eigenvalue weighted by Crippen LogP contribution is 2.21. The van der Waals surface area contributed by atoms with E-state index in [4.69, 9.17) is 23.2 Å². The van der Waals surface area contributed by atoms with Crippen molar-refractivity contribution >= 4 is 28.9 Å². The Morgan fingerprint density at radius 1 is 1.11 bits per heavy atom. The topological polar surface area (TPSA) is 3.24 Å². The normalized spacial score (nSPS) is 10.5. The number of halogens is 3. The Balaban J connectivity index is 2.20. The van der Waals surface area contributed by atoms with Crippen LogP contribution in [0.1, 0.15) is 11.1 Å². The molecule has 19 heavy (non-hydrogen) atoms. The highest BCUT2D eigenvalue weighted by atomic mass is 35.5. The van der Waals surface area contributed by atoms with Gasteiger partial charge in [0.1, 0.15) is 5.82 Å². The summed E-state index contributed by atoms with van der Waals surface area (Å²) in [6.45, 7) is 0.658. The van der Waals surface area contributed by atoms with Crippen LogP contribution in [0.3, 0.4) is 0 Å². The molecule has 2 rings (SSSR count). The predicted molar refractivity (Wildman–Crippen MR) is 79.5 cm³/mol. The minimum Gasteiger partial charge on any atom is -0.370 e. The predicted octanol–water partition coefficient (Wildman–Crippen LogP) is 4.85. The van der Waals surface area contributed by atoms with Crippen molar-refractivity contribution in [3.8, 4) is 0 Å². The number of hydrogen-bond acceptors (Lipinski definition) is 1. The van der Waals surface area contributed by atoms with Crippen molar-refractivity contribution in [1.82, 2.24) is 0 Å². The lowest BCUT2D eigenvalue weighted by Gasteiger charge is -2.20. The van der Waals surface area contributed by atoms with E-state index in [1.54, 1.807) is 0 Å². The Kier molecular flexibility index (Phi) is 4.67. The minimum absolute atomic E-state index is 0.272. The Hall–Kier alpha value is -1.25. The van der Waals surface area contributed by atoms with Crippen LogP contribution in [0.5, 0.6) is 0 Å². The summed E-state index contributed by atoms with van der Waals surface area (Å²) in [5.41, 5.74) is 2.65. The minimum atomic E-state index is -0.272. The fourth-order valence-corrected chi connectivity index (χ4v) is 2.30. The van der Waals surface area contributed by atoms with Gasteiger partial charge >= 0.3 is 0 Å². The number of benzene rings is 2. The average Bonchev–Trinajstić information content (AvgIpc) is 2.38. The number of anilines is 1. The zero-order valence-electron chi connectivity index (χ0n) is 10.5. The van der Waals surface area contributed by atoms with Crippen LogP contribution in [0.4, 0.5) is 10.1 Å². The first-order valence-electron chi connectivity index (χ1n) is 5.89. The van der Waals surface area contributed by atoms with Gasteiger partial charge < -0.3 is 4.90 Å². The first-order chi connectivity index (χ1) is 9.08. The molecule has 1 nitrogen and oxygen atoms in total. The molecule has 0 amide bonds. The summed E-state index contributed by atoms with van der Waals surface area (Å²) in [5.74, 6) is 0.0292. The third-order valence-electron chi connectivity index (χ3n) is 2.85. The lowest BCUT2D eigenvalue weighted by molar-refractivity contribution is 0.625. The van der Waals surface area contributed by atoms with Gasteiger partial charge in [0.15, 0.2) is 0 Å². The molecule has 0 aliphatic rings. The van der Waals surface area contributed by atoms with Crippen LogP contribution in [0.2, 0.25) is 5.02 Å². The van der Waals surface area contributed by atoms with Gasteiger partial charge in [-0.2, -0.15) is 0 Å². The van der Waals surface area contributed by atoms with Gasteiger partial charge in [-0.3, -0.25) is 0 Å². The SMILES string of the molecule is CN(Cc1cccc(Cl)c1)c1cc(F)cc(CCl)c1. The molecular formula is C15H14Cl2FN. The largest absolute Gasteiger partial charge is 0.370 e. The average molecular weight is 298 g/mol. The van der Waals surface area contributed by atoms with Gasteiger partial charge in [-0.25, -0.2) is 4.39 Å². The molecule has 2 aromatic rings. The summed E-state index contributed by atoms with van der Waals surface area (Å²) >= 11 is 11.7. The van der Waals surface area contributed by atoms with E-state index in [1.165, 1.54) is 12.1 Å². The van der Waals surface area contributed by atoms with E-state index in [0.29, 0.717) is 17.4 Å². The van der Waals surface area contributed by atoms with Crippen LogP contribution in [-0.4, -0.2) is 7.05 Å². The van der Waals surface area contributed by atoms with E-state index >= 15 is 0 Å². The number of nitrogens with zero attached hydrogens (tertiary/aromatic N) is 1. The maximum atomic E-state index is 13.5. The lowest BCUT2D eigenvalue weighted by Crippen LogP contribution is -2.16. The van der Waals surface area contributed by atoms with Gasteiger partial charge in [-0.05, 0) is 41.5 Å². The molecule has 4 heteroatoms. The molecule has 0 fully saturated rings. The first-order valence-corrected chi connectivity index (χ1v) is 6.81. The maximum absolute atomic E-state index is 13.5. The van der Waals surface area contributed by atoms with E-state index in [9.17, 15) is 4.39 Å². The molecule has 0 heterocycles. The third-order valence-corrected chi connectivity index (χ3v) is 3.39. The van der Waals surface area contributed by atoms with Crippen molar-refractivity contribution in [2.75, 3.05) is 11.9 Å². The molecule has 100 valence electrons. The van der Waals surface area contributed by atoms with Crippen LogP contribution < -0.4 is 4.90 Å². The summed E-state index contributed by atoms with van der Waals surface area (Å²) < 4.78 is 13.5. The Morgan fingerprint density at radius 3 is 2.58 bits per heavy atom. The monoisotopic (exact) mass is 297 g/mol. The summed E-state index contributed by atoms with van der Waals surface area (Å²) in [5, 5.41) is 0.701. The van der Waals surface area contributed by atoms with Crippen LogP contribution in [0, 0.1) is 5.82 Å². The van der Waals surface area contributed by atoms with Crippen molar-refractivity contribution in [2.45, 2.75) is 12.4 Å². The molecule has 0 atom stereocenters. The summed E-state index contributed by atoms with van der Waals surface area (Å²) in [4.78, 5) is 1.96. The van der Waals surface area contributed by atoms with Crippen LogP contribution >= 0.6 is 23.2 Å². The van der Waals surface area contributed by atoms with Gasteiger partial charge in [0.05, 0.1) is 0 Å². The van der Waals surface area contributed by atoms with E-state index in [1.807, 2.05) is 42.3 Å². The molecule has 0 aliphatic heterocycles. The second-order valence-corrected chi connectivity index (χ2v) is 5.14. The molecule has 0 aromatic heterocycles. The number of hydrogen-bond donors (Lipinski definition) is 0. The van der Waals surface area contributed by atoms with E-state index < -0.39 is 0 Å². The second-order valence-electron chi connectivity index (χ2n) is 4.44. The molecular weight excluding hydrogens is 284 g/mol.